The van der Waals surface area contributed by atoms with Gasteiger partial charge in [-0.2, -0.15) is 5.10 Å². The minimum Gasteiger partial charge on any atom is -0.290 e. The number of nitrogens with zero attached hydrogens (tertiary/aromatic N) is 6. The van der Waals surface area contributed by atoms with Gasteiger partial charge in [-0.3, -0.25) is 9.13 Å². The van der Waals surface area contributed by atoms with Crippen molar-refractivity contribution in [3.8, 4) is 11.3 Å². The zero-order valence-corrected chi connectivity index (χ0v) is 14.8. The lowest BCUT2D eigenvalue weighted by Crippen LogP contribution is -2.27. The van der Waals surface area contributed by atoms with Crippen molar-refractivity contribution in [1.29, 1.82) is 0 Å². The second-order valence-corrected chi connectivity index (χ2v) is 7.51. The highest BCUT2D eigenvalue weighted by atomic mass is 16.1. The minimum atomic E-state index is -0.0405. The summed E-state index contributed by atoms with van der Waals surface area (Å²) in [4.78, 5) is 21.5. The zero-order valence-electron chi connectivity index (χ0n) is 14.8. The number of imidazole rings is 1. The summed E-state index contributed by atoms with van der Waals surface area (Å²) in [6, 6.07) is 7.77. The van der Waals surface area contributed by atoms with Gasteiger partial charge in [0.15, 0.2) is 11.3 Å². The largest absolute Gasteiger partial charge is 0.330 e. The maximum absolute atomic E-state index is 12.6. The first-order valence-corrected chi connectivity index (χ1v) is 8.19. The molecule has 25 heavy (non-hydrogen) atoms. The molecule has 0 N–H and O–H groups in total. The van der Waals surface area contributed by atoms with E-state index >= 15 is 0 Å². The molecule has 0 saturated heterocycles. The Hall–Kier alpha value is -2.96. The van der Waals surface area contributed by atoms with Crippen LogP contribution in [0.15, 0.2) is 41.6 Å². The maximum atomic E-state index is 12.6. The number of hydrogen-bond acceptors (Lipinski definition) is 4. The molecule has 4 heterocycles. The number of fused-ring (bicyclic) bond motifs is 2. The van der Waals surface area contributed by atoms with Gasteiger partial charge >= 0.3 is 5.69 Å². The molecule has 0 radical (unpaired) electrons. The highest BCUT2D eigenvalue weighted by molar-refractivity contribution is 5.76. The lowest BCUT2D eigenvalue weighted by molar-refractivity contribution is 0.342. The molecule has 0 unspecified atom stereocenters. The summed E-state index contributed by atoms with van der Waals surface area (Å²) < 4.78 is 5.12. The quantitative estimate of drug-likeness (QED) is 0.564. The molecule has 0 aliphatic heterocycles. The molecule has 0 bridgehead atoms. The first-order chi connectivity index (χ1) is 11.8. The molecule has 4 aromatic heterocycles. The Balaban J connectivity index is 1.88. The van der Waals surface area contributed by atoms with Crippen LogP contribution in [0.2, 0.25) is 0 Å². The molecule has 128 valence electrons. The molecular formula is C18H20N6O. The van der Waals surface area contributed by atoms with Crippen LogP contribution in [0.3, 0.4) is 0 Å². The molecule has 7 heteroatoms. The topological polar surface area (TPSA) is 70.0 Å². The smallest absolute Gasteiger partial charge is 0.290 e. The summed E-state index contributed by atoms with van der Waals surface area (Å²) in [5, 5.41) is 4.16. The van der Waals surface area contributed by atoms with Gasteiger partial charge in [0, 0.05) is 25.4 Å². The normalized spacial score (nSPS) is 12.3. The van der Waals surface area contributed by atoms with Crippen molar-refractivity contribution in [1.82, 2.24) is 28.7 Å². The number of aromatic nitrogens is 6. The van der Waals surface area contributed by atoms with Crippen LogP contribution in [0.25, 0.3) is 28.1 Å². The Morgan fingerprint density at radius 1 is 1.12 bits per heavy atom. The van der Waals surface area contributed by atoms with Crippen LogP contribution in [-0.4, -0.2) is 28.7 Å². The Bertz CT molecular complexity index is 1140. The van der Waals surface area contributed by atoms with Gasteiger partial charge in [0.05, 0.1) is 11.2 Å². The van der Waals surface area contributed by atoms with Gasteiger partial charge in [-0.15, -0.1) is 0 Å². The molecule has 0 fully saturated rings. The molecule has 4 rings (SSSR count). The first-order valence-electron chi connectivity index (χ1n) is 8.19. The van der Waals surface area contributed by atoms with E-state index in [-0.39, 0.29) is 11.1 Å². The number of hydrogen-bond donors (Lipinski definition) is 0. The standard InChI is InChI=1S/C18H20N6O/c1-18(2,3)10-23-14-7-6-13(21-16(14)22(4)17(23)25)12-5-8-15-19-11-20-24(15)9-12/h5-9,11H,10H2,1-4H3. The second-order valence-electron chi connectivity index (χ2n) is 7.51. The fourth-order valence-corrected chi connectivity index (χ4v) is 3.03. The van der Waals surface area contributed by atoms with Gasteiger partial charge < -0.3 is 0 Å². The summed E-state index contributed by atoms with van der Waals surface area (Å²) in [7, 11) is 1.77. The predicted octanol–water partition coefficient (Wildman–Crippen LogP) is 2.49. The summed E-state index contributed by atoms with van der Waals surface area (Å²) in [6.07, 6.45) is 3.41. The third-order valence-corrected chi connectivity index (χ3v) is 4.18. The summed E-state index contributed by atoms with van der Waals surface area (Å²) in [5.41, 5.74) is 4.02. The summed E-state index contributed by atoms with van der Waals surface area (Å²) >= 11 is 0. The minimum absolute atomic E-state index is 0.00884. The van der Waals surface area contributed by atoms with E-state index in [9.17, 15) is 4.79 Å². The number of rotatable bonds is 2. The Morgan fingerprint density at radius 2 is 1.92 bits per heavy atom. The van der Waals surface area contributed by atoms with E-state index in [1.807, 2.05) is 30.5 Å². The van der Waals surface area contributed by atoms with Gasteiger partial charge in [-0.05, 0) is 29.7 Å². The van der Waals surface area contributed by atoms with Crippen molar-refractivity contribution < 1.29 is 0 Å². The van der Waals surface area contributed by atoms with E-state index in [4.69, 9.17) is 4.98 Å². The molecule has 0 aliphatic rings. The van der Waals surface area contributed by atoms with Gasteiger partial charge in [0.2, 0.25) is 0 Å². The van der Waals surface area contributed by atoms with E-state index in [0.717, 1.165) is 22.4 Å². The van der Waals surface area contributed by atoms with E-state index in [1.54, 1.807) is 20.7 Å². The average Bonchev–Trinajstić information content (AvgIpc) is 3.12. The molecule has 4 aromatic rings. The predicted molar refractivity (Wildman–Crippen MR) is 96.4 cm³/mol. The summed E-state index contributed by atoms with van der Waals surface area (Å²) in [5.74, 6) is 0. The molecule has 0 amide bonds. The molecule has 7 nitrogen and oxygen atoms in total. The van der Waals surface area contributed by atoms with Crippen LogP contribution in [0.4, 0.5) is 0 Å². The third-order valence-electron chi connectivity index (χ3n) is 4.18. The second kappa shape index (κ2) is 5.27. The molecule has 0 aromatic carbocycles. The molecule has 0 atom stereocenters. The highest BCUT2D eigenvalue weighted by Crippen LogP contribution is 2.23. The Kier molecular flexibility index (Phi) is 3.28. The van der Waals surface area contributed by atoms with E-state index in [2.05, 4.69) is 30.9 Å². The SMILES string of the molecule is Cn1c(=O)n(CC(C)(C)C)c2ccc(-c3ccc4ncnn4c3)nc21. The van der Waals surface area contributed by atoms with Crippen molar-refractivity contribution in [3.05, 3.63) is 47.3 Å². The van der Waals surface area contributed by atoms with Crippen LogP contribution < -0.4 is 5.69 Å². The van der Waals surface area contributed by atoms with Crippen molar-refractivity contribution in [2.75, 3.05) is 0 Å². The van der Waals surface area contributed by atoms with Gasteiger partial charge in [0.1, 0.15) is 6.33 Å². The monoisotopic (exact) mass is 336 g/mol. The zero-order chi connectivity index (χ0) is 17.8. The third kappa shape index (κ3) is 2.61. The van der Waals surface area contributed by atoms with E-state index in [0.29, 0.717) is 12.2 Å². The van der Waals surface area contributed by atoms with Crippen LogP contribution in [-0.2, 0) is 13.6 Å². The van der Waals surface area contributed by atoms with Crippen LogP contribution >= 0.6 is 0 Å². The van der Waals surface area contributed by atoms with Crippen molar-refractivity contribution in [2.45, 2.75) is 27.3 Å². The van der Waals surface area contributed by atoms with Crippen LogP contribution in [0.1, 0.15) is 20.8 Å². The first kappa shape index (κ1) is 15.6. The number of pyridine rings is 2. The Labute approximate surface area is 144 Å². The lowest BCUT2D eigenvalue weighted by Gasteiger charge is -2.18. The van der Waals surface area contributed by atoms with Crippen LogP contribution in [0.5, 0.6) is 0 Å². The molecule has 0 saturated carbocycles. The van der Waals surface area contributed by atoms with Gasteiger partial charge in [-0.25, -0.2) is 19.3 Å². The Morgan fingerprint density at radius 3 is 2.68 bits per heavy atom. The number of aryl methyl sites for hydroxylation is 1. The average molecular weight is 336 g/mol. The summed E-state index contributed by atoms with van der Waals surface area (Å²) in [6.45, 7) is 7.00. The van der Waals surface area contributed by atoms with Crippen molar-refractivity contribution in [3.63, 3.8) is 0 Å². The molecule has 0 aliphatic carbocycles. The fraction of sp³-hybridized carbons (Fsp3) is 0.333. The lowest BCUT2D eigenvalue weighted by atomic mass is 9.97. The van der Waals surface area contributed by atoms with Gasteiger partial charge in [-0.1, -0.05) is 20.8 Å². The van der Waals surface area contributed by atoms with E-state index < -0.39 is 0 Å². The van der Waals surface area contributed by atoms with Crippen molar-refractivity contribution >= 4 is 16.8 Å². The van der Waals surface area contributed by atoms with Gasteiger partial charge in [0.25, 0.3) is 0 Å². The molecule has 0 spiro atoms. The van der Waals surface area contributed by atoms with Crippen molar-refractivity contribution in [2.24, 2.45) is 12.5 Å². The van der Waals surface area contributed by atoms with E-state index in [1.165, 1.54) is 6.33 Å². The molecular weight excluding hydrogens is 316 g/mol. The van der Waals surface area contributed by atoms with Crippen LogP contribution in [0, 0.1) is 5.41 Å². The fourth-order valence-electron chi connectivity index (χ4n) is 3.03. The maximum Gasteiger partial charge on any atom is 0.330 e. The highest BCUT2D eigenvalue weighted by Gasteiger charge is 2.18.